The number of esters is 1. The fourth-order valence-electron chi connectivity index (χ4n) is 7.37. The second-order valence-corrected chi connectivity index (χ2v) is 12.3. The molecule has 0 saturated carbocycles. The third-order valence-electron chi connectivity index (χ3n) is 9.06. The summed E-state index contributed by atoms with van der Waals surface area (Å²) in [4.78, 5) is 46.1. The Labute approximate surface area is 248 Å². The molecule has 224 valence electrons. The fraction of sp³-hybridized carbons (Fsp3) is 0.594. The maximum Gasteiger partial charge on any atom is 0.312 e. The predicted molar refractivity (Wildman–Crippen MR) is 159 cm³/mol. The molecule has 2 bridgehead atoms. The molecule has 3 aliphatic rings. The van der Waals surface area contributed by atoms with Crippen LogP contribution in [0.4, 0.5) is 5.69 Å². The minimum absolute atomic E-state index is 0.141. The van der Waals surface area contributed by atoms with Gasteiger partial charge in [-0.05, 0) is 56.6 Å². The molecule has 3 fully saturated rings. The van der Waals surface area contributed by atoms with Crippen LogP contribution < -0.4 is 4.90 Å². The van der Waals surface area contributed by atoms with E-state index in [4.69, 9.17) is 21.1 Å². The molecule has 4 rings (SSSR count). The standard InChI is InChI=1S/C32H43ClN2O6/c1-7-10-17-40-30(39)25-24-28(37)35(22(19-36)18-20(4)5)27(32(24)15-14-31(25,9-3)41-32)29(38)34(16-8-2)26-21(6)12-11-13-23(26)33/h7-8,11-13,20,22,24-25,27,36H,1-2,9-10,14-19H2,3-6H3/t22-,24+,25+,27?,31-,32?/m1/s1. The van der Waals surface area contributed by atoms with Crippen LogP contribution in [0.1, 0.15) is 58.4 Å². The number of carbonyl (C=O) groups excluding carboxylic acids is 3. The first-order valence-electron chi connectivity index (χ1n) is 14.6. The van der Waals surface area contributed by atoms with Crippen LogP contribution in [-0.4, -0.2) is 70.8 Å². The number of rotatable bonds is 13. The van der Waals surface area contributed by atoms with Crippen molar-refractivity contribution < 1.29 is 29.0 Å². The van der Waals surface area contributed by atoms with E-state index in [2.05, 4.69) is 13.2 Å². The highest BCUT2D eigenvalue weighted by Gasteiger charge is 2.79. The van der Waals surface area contributed by atoms with Crippen LogP contribution >= 0.6 is 11.6 Å². The van der Waals surface area contributed by atoms with Gasteiger partial charge < -0.3 is 24.4 Å². The number of amides is 2. The van der Waals surface area contributed by atoms with Crippen molar-refractivity contribution >= 4 is 35.1 Å². The summed E-state index contributed by atoms with van der Waals surface area (Å²) in [5, 5.41) is 10.9. The summed E-state index contributed by atoms with van der Waals surface area (Å²) >= 11 is 6.64. The van der Waals surface area contributed by atoms with Crippen molar-refractivity contribution in [2.45, 2.75) is 83.1 Å². The molecule has 3 aliphatic heterocycles. The number of ether oxygens (including phenoxy) is 2. The van der Waals surface area contributed by atoms with Crippen molar-refractivity contribution in [3.8, 4) is 0 Å². The fourth-order valence-corrected chi connectivity index (χ4v) is 7.70. The molecule has 3 saturated heterocycles. The van der Waals surface area contributed by atoms with E-state index < -0.39 is 41.1 Å². The van der Waals surface area contributed by atoms with Gasteiger partial charge in [0.25, 0.3) is 5.91 Å². The second kappa shape index (κ2) is 12.3. The smallest absolute Gasteiger partial charge is 0.312 e. The van der Waals surface area contributed by atoms with Gasteiger partial charge >= 0.3 is 5.97 Å². The van der Waals surface area contributed by atoms with Gasteiger partial charge in [0.2, 0.25) is 5.91 Å². The Balaban J connectivity index is 1.88. The summed E-state index contributed by atoms with van der Waals surface area (Å²) in [6.45, 7) is 15.4. The molecule has 9 heteroatoms. The van der Waals surface area contributed by atoms with E-state index >= 15 is 0 Å². The number of hydrogen-bond acceptors (Lipinski definition) is 6. The molecule has 2 unspecified atom stereocenters. The number of likely N-dealkylation sites (tertiary alicyclic amines) is 1. The van der Waals surface area contributed by atoms with Crippen LogP contribution in [-0.2, 0) is 23.9 Å². The molecule has 3 heterocycles. The molecular formula is C32H43ClN2O6. The summed E-state index contributed by atoms with van der Waals surface area (Å²) in [6.07, 6.45) is 5.71. The lowest BCUT2D eigenvalue weighted by molar-refractivity contribution is -0.162. The number of aliphatic hydroxyl groups excluding tert-OH is 1. The van der Waals surface area contributed by atoms with Gasteiger partial charge in [-0.3, -0.25) is 14.4 Å². The molecule has 1 aromatic rings. The molecule has 1 N–H and O–H groups in total. The molecule has 41 heavy (non-hydrogen) atoms. The maximum atomic E-state index is 14.8. The summed E-state index contributed by atoms with van der Waals surface area (Å²) < 4.78 is 12.5. The molecule has 0 aliphatic carbocycles. The highest BCUT2D eigenvalue weighted by molar-refractivity contribution is 6.34. The third-order valence-corrected chi connectivity index (χ3v) is 9.36. The van der Waals surface area contributed by atoms with Gasteiger partial charge in [0, 0.05) is 6.54 Å². The predicted octanol–water partition coefficient (Wildman–Crippen LogP) is 4.85. The lowest BCUT2D eigenvalue weighted by Crippen LogP contribution is -2.59. The number of carbonyl (C=O) groups is 3. The second-order valence-electron chi connectivity index (χ2n) is 11.9. The molecule has 2 amide bonds. The number of hydrogen-bond donors (Lipinski definition) is 1. The zero-order valence-electron chi connectivity index (χ0n) is 24.6. The van der Waals surface area contributed by atoms with Gasteiger partial charge in [-0.1, -0.05) is 56.7 Å². The van der Waals surface area contributed by atoms with Crippen LogP contribution in [0.2, 0.25) is 5.02 Å². The Morgan fingerprint density at radius 2 is 2.02 bits per heavy atom. The van der Waals surface area contributed by atoms with Gasteiger partial charge in [-0.15, -0.1) is 13.2 Å². The van der Waals surface area contributed by atoms with Crippen LogP contribution in [0.25, 0.3) is 0 Å². The van der Waals surface area contributed by atoms with Crippen molar-refractivity contribution in [1.29, 1.82) is 0 Å². The van der Waals surface area contributed by atoms with E-state index in [1.807, 2.05) is 39.8 Å². The van der Waals surface area contributed by atoms with Crippen LogP contribution in [0, 0.1) is 24.7 Å². The maximum absolute atomic E-state index is 14.8. The van der Waals surface area contributed by atoms with Crippen molar-refractivity contribution in [2.24, 2.45) is 17.8 Å². The number of benzene rings is 1. The van der Waals surface area contributed by atoms with E-state index in [1.165, 1.54) is 4.90 Å². The summed E-state index contributed by atoms with van der Waals surface area (Å²) in [7, 11) is 0. The van der Waals surface area contributed by atoms with Crippen molar-refractivity contribution in [3.63, 3.8) is 0 Å². The van der Waals surface area contributed by atoms with E-state index in [9.17, 15) is 19.5 Å². The lowest BCUT2D eigenvalue weighted by atomic mass is 9.65. The van der Waals surface area contributed by atoms with E-state index in [0.717, 1.165) is 5.56 Å². The summed E-state index contributed by atoms with van der Waals surface area (Å²) in [5.41, 5.74) is -0.824. The number of aryl methyl sites for hydroxylation is 1. The Morgan fingerprint density at radius 3 is 2.61 bits per heavy atom. The normalized spacial score (nSPS) is 29.0. The SMILES string of the molecule is C=CCCOC(=O)[C@@H]1[C@H]2C(=O)N([C@@H](CO)CC(C)C)C(C(=O)N(CC=C)c3c(C)cccc3Cl)C23CC[C@@]1(CC)O3. The first-order chi connectivity index (χ1) is 19.5. The number of aliphatic hydroxyl groups is 1. The number of anilines is 1. The quantitative estimate of drug-likeness (QED) is 0.202. The van der Waals surface area contributed by atoms with Crippen LogP contribution in [0.15, 0.2) is 43.5 Å². The average molecular weight is 587 g/mol. The highest BCUT2D eigenvalue weighted by Crippen LogP contribution is 2.65. The summed E-state index contributed by atoms with van der Waals surface area (Å²) in [6, 6.07) is 3.72. The van der Waals surface area contributed by atoms with Crippen molar-refractivity contribution in [1.82, 2.24) is 4.90 Å². The molecule has 1 aromatic carbocycles. The molecule has 6 atom stereocenters. The Kier molecular flexibility index (Phi) is 9.36. The molecule has 8 nitrogen and oxygen atoms in total. The van der Waals surface area contributed by atoms with Crippen molar-refractivity contribution in [3.05, 3.63) is 54.1 Å². The van der Waals surface area contributed by atoms with Crippen molar-refractivity contribution in [2.75, 3.05) is 24.7 Å². The minimum atomic E-state index is -1.24. The van der Waals surface area contributed by atoms with Crippen LogP contribution in [0.3, 0.4) is 0 Å². The van der Waals surface area contributed by atoms with E-state index in [0.29, 0.717) is 42.8 Å². The Hall–Kier alpha value is -2.68. The first kappa shape index (κ1) is 31.3. The number of fused-ring (bicyclic) bond motifs is 1. The molecule has 0 aromatic heterocycles. The third kappa shape index (κ3) is 5.12. The zero-order chi connectivity index (χ0) is 30.1. The first-order valence-corrected chi connectivity index (χ1v) is 15.0. The van der Waals surface area contributed by atoms with Gasteiger partial charge in [-0.25, -0.2) is 0 Å². The molecular weight excluding hydrogens is 544 g/mol. The number of halogens is 1. The Bertz CT molecular complexity index is 1180. The van der Waals surface area contributed by atoms with Gasteiger partial charge in [0.15, 0.2) is 0 Å². The van der Waals surface area contributed by atoms with Crippen LogP contribution in [0.5, 0.6) is 0 Å². The zero-order valence-corrected chi connectivity index (χ0v) is 25.4. The van der Waals surface area contributed by atoms with E-state index in [-0.39, 0.29) is 37.5 Å². The number of para-hydroxylation sites is 1. The minimum Gasteiger partial charge on any atom is -0.465 e. The molecule has 0 radical (unpaired) electrons. The topological polar surface area (TPSA) is 96.4 Å². The van der Waals surface area contributed by atoms with Gasteiger partial charge in [0.1, 0.15) is 17.6 Å². The van der Waals surface area contributed by atoms with Gasteiger partial charge in [-0.2, -0.15) is 0 Å². The largest absolute Gasteiger partial charge is 0.465 e. The lowest BCUT2D eigenvalue weighted by Gasteiger charge is -2.40. The Morgan fingerprint density at radius 1 is 1.29 bits per heavy atom. The monoisotopic (exact) mass is 586 g/mol. The summed E-state index contributed by atoms with van der Waals surface area (Å²) in [5.74, 6) is -2.82. The molecule has 1 spiro atoms. The highest BCUT2D eigenvalue weighted by atomic mass is 35.5. The van der Waals surface area contributed by atoms with Gasteiger partial charge in [0.05, 0.1) is 41.5 Å². The van der Waals surface area contributed by atoms with E-state index in [1.54, 1.807) is 23.1 Å². The number of nitrogens with zero attached hydrogens (tertiary/aromatic N) is 2. The average Bonchev–Trinajstić information content (AvgIpc) is 3.54.